The summed E-state index contributed by atoms with van der Waals surface area (Å²) in [6.45, 7) is 17.4. The molecule has 0 aromatic carbocycles. The van der Waals surface area contributed by atoms with Crippen molar-refractivity contribution in [3.63, 3.8) is 0 Å². The smallest absolute Gasteiger partial charge is 0.0425 e. The van der Waals surface area contributed by atoms with Crippen LogP contribution >= 0.6 is 0 Å². The van der Waals surface area contributed by atoms with Gasteiger partial charge < -0.3 is 4.90 Å². The molecule has 0 unspecified atom stereocenters. The summed E-state index contributed by atoms with van der Waals surface area (Å²) in [7, 11) is 2.12. The average Bonchev–Trinajstić information content (AvgIpc) is 2.61. The molecule has 1 rings (SSSR count). The fourth-order valence-corrected chi connectivity index (χ4v) is 1.69. The van der Waals surface area contributed by atoms with E-state index < -0.39 is 0 Å². The lowest BCUT2D eigenvalue weighted by atomic mass is 9.99. The molecule has 1 heterocycles. The van der Waals surface area contributed by atoms with Gasteiger partial charge >= 0.3 is 0 Å². The minimum absolute atomic E-state index is 0.519. The Hall–Kier alpha value is -0.980. The number of nitrogens with zero attached hydrogens (tertiary/aromatic N) is 1. The molecule has 0 aliphatic carbocycles. The molecule has 0 aromatic heterocycles. The summed E-state index contributed by atoms with van der Waals surface area (Å²) in [4.78, 5) is 2.28. The molecule has 0 aromatic rings. The summed E-state index contributed by atoms with van der Waals surface area (Å²) in [5.41, 5.74) is 3.89. The summed E-state index contributed by atoms with van der Waals surface area (Å²) < 4.78 is 0. The second kappa shape index (κ2) is 6.49. The molecule has 0 saturated carbocycles. The molecule has 0 atom stereocenters. The minimum Gasteiger partial charge on any atom is -0.374 e. The van der Waals surface area contributed by atoms with Crippen LogP contribution in [-0.2, 0) is 0 Å². The van der Waals surface area contributed by atoms with Crippen LogP contribution in [0.1, 0.15) is 34.1 Å². The first-order chi connectivity index (χ1) is 7.07. The highest BCUT2D eigenvalue weighted by atomic mass is 15.1. The van der Waals surface area contributed by atoms with Crippen molar-refractivity contribution >= 4 is 0 Å². The molecule has 1 aliphatic rings. The molecular formula is C14H25N. The summed E-state index contributed by atoms with van der Waals surface area (Å²) in [5, 5.41) is 0. The van der Waals surface area contributed by atoms with Crippen LogP contribution in [0.25, 0.3) is 0 Å². The second-order valence-corrected chi connectivity index (χ2v) is 3.93. The van der Waals surface area contributed by atoms with Crippen LogP contribution in [0.4, 0.5) is 0 Å². The van der Waals surface area contributed by atoms with Crippen LogP contribution in [0.15, 0.2) is 36.1 Å². The zero-order chi connectivity index (χ0) is 12.0. The van der Waals surface area contributed by atoms with Crippen molar-refractivity contribution < 1.29 is 0 Å². The van der Waals surface area contributed by atoms with Gasteiger partial charge in [0.1, 0.15) is 0 Å². The fraction of sp³-hybridized carbons (Fsp3) is 0.571. The second-order valence-electron chi connectivity index (χ2n) is 3.93. The quantitative estimate of drug-likeness (QED) is 0.676. The Morgan fingerprint density at radius 1 is 1.40 bits per heavy atom. The van der Waals surface area contributed by atoms with Gasteiger partial charge in [0.2, 0.25) is 0 Å². The van der Waals surface area contributed by atoms with E-state index in [0.717, 1.165) is 13.0 Å². The summed E-state index contributed by atoms with van der Waals surface area (Å²) in [6.07, 6.45) is 3.08. The van der Waals surface area contributed by atoms with E-state index in [1.54, 1.807) is 0 Å². The Kier molecular flexibility index (Phi) is 6.07. The highest BCUT2D eigenvalue weighted by Crippen LogP contribution is 2.30. The third-order valence-corrected chi connectivity index (χ3v) is 2.65. The Morgan fingerprint density at radius 3 is 2.33 bits per heavy atom. The van der Waals surface area contributed by atoms with Gasteiger partial charge in [0.25, 0.3) is 0 Å². The largest absolute Gasteiger partial charge is 0.374 e. The molecule has 0 bridgehead atoms. The molecule has 86 valence electrons. The van der Waals surface area contributed by atoms with E-state index in [-0.39, 0.29) is 0 Å². The van der Waals surface area contributed by atoms with Crippen molar-refractivity contribution in [2.45, 2.75) is 34.1 Å². The van der Waals surface area contributed by atoms with Crippen LogP contribution in [0.5, 0.6) is 0 Å². The highest BCUT2D eigenvalue weighted by Gasteiger charge is 2.20. The maximum atomic E-state index is 4.14. The van der Waals surface area contributed by atoms with Crippen molar-refractivity contribution in [2.24, 2.45) is 5.92 Å². The van der Waals surface area contributed by atoms with Crippen molar-refractivity contribution in [3.05, 3.63) is 36.1 Å². The Labute approximate surface area is 95.2 Å². The normalized spacial score (nSPS) is 15.2. The first kappa shape index (κ1) is 14.0. The number of hydrogen-bond donors (Lipinski definition) is 0. The molecule has 15 heavy (non-hydrogen) atoms. The van der Waals surface area contributed by atoms with E-state index in [1.165, 1.54) is 16.8 Å². The van der Waals surface area contributed by atoms with Crippen LogP contribution in [0.2, 0.25) is 0 Å². The number of likely N-dealkylation sites (N-methyl/N-ethyl adjacent to an activating group) is 1. The third kappa shape index (κ3) is 3.26. The van der Waals surface area contributed by atoms with Gasteiger partial charge in [-0.3, -0.25) is 0 Å². The number of hydrogen-bond acceptors (Lipinski definition) is 1. The minimum atomic E-state index is 0.519. The van der Waals surface area contributed by atoms with Crippen molar-refractivity contribution in [1.29, 1.82) is 0 Å². The predicted molar refractivity (Wildman–Crippen MR) is 69.8 cm³/mol. The van der Waals surface area contributed by atoms with Crippen molar-refractivity contribution in [1.82, 2.24) is 4.90 Å². The van der Waals surface area contributed by atoms with E-state index in [1.807, 2.05) is 19.9 Å². The number of allylic oxidation sites excluding steroid dienone is 2. The Morgan fingerprint density at radius 2 is 1.93 bits per heavy atom. The average molecular weight is 207 g/mol. The van der Waals surface area contributed by atoms with Gasteiger partial charge in [0.05, 0.1) is 0 Å². The van der Waals surface area contributed by atoms with E-state index in [0.29, 0.717) is 5.92 Å². The summed E-state index contributed by atoms with van der Waals surface area (Å²) in [5.74, 6) is 0.519. The maximum Gasteiger partial charge on any atom is 0.0425 e. The zero-order valence-electron chi connectivity index (χ0n) is 10.9. The van der Waals surface area contributed by atoms with E-state index in [4.69, 9.17) is 0 Å². The molecule has 1 aliphatic heterocycles. The molecule has 1 heteroatoms. The molecule has 0 spiro atoms. The first-order valence-electron chi connectivity index (χ1n) is 5.83. The van der Waals surface area contributed by atoms with Gasteiger partial charge in [-0.1, -0.05) is 46.9 Å². The summed E-state index contributed by atoms with van der Waals surface area (Å²) in [6, 6.07) is 0. The Balaban J connectivity index is 0.000000921. The molecule has 1 nitrogen and oxygen atoms in total. The molecule has 0 amide bonds. The lowest BCUT2D eigenvalue weighted by Gasteiger charge is -2.21. The SMILES string of the molecule is C=CC1=C(C(=C)C(C)C)N(C)CC1.CC. The van der Waals surface area contributed by atoms with Crippen LogP contribution in [0.3, 0.4) is 0 Å². The maximum absolute atomic E-state index is 4.14. The lowest BCUT2D eigenvalue weighted by Crippen LogP contribution is -2.16. The Bertz CT molecular complexity index is 259. The van der Waals surface area contributed by atoms with Crippen LogP contribution in [0, 0.1) is 5.92 Å². The predicted octanol–water partition coefficient (Wildman–Crippen LogP) is 4.00. The zero-order valence-corrected chi connectivity index (χ0v) is 10.9. The third-order valence-electron chi connectivity index (χ3n) is 2.65. The first-order valence-corrected chi connectivity index (χ1v) is 5.83. The van der Waals surface area contributed by atoms with Gasteiger partial charge in [-0.05, 0) is 23.5 Å². The molecule has 0 N–H and O–H groups in total. The monoisotopic (exact) mass is 207 g/mol. The standard InChI is InChI=1S/C12H19N.C2H6/c1-6-11-7-8-13(5)12(11)10(4)9(2)3;1-2/h6,9H,1,4,7-8H2,2-3,5H3;1-2H3. The van der Waals surface area contributed by atoms with Gasteiger partial charge in [-0.15, -0.1) is 0 Å². The van der Waals surface area contributed by atoms with Gasteiger partial charge in [-0.2, -0.15) is 0 Å². The van der Waals surface area contributed by atoms with Crippen molar-refractivity contribution in [3.8, 4) is 0 Å². The van der Waals surface area contributed by atoms with Crippen LogP contribution in [-0.4, -0.2) is 18.5 Å². The van der Waals surface area contributed by atoms with Gasteiger partial charge in [-0.25, -0.2) is 0 Å². The molecule has 0 radical (unpaired) electrons. The fourth-order valence-electron chi connectivity index (χ4n) is 1.69. The van der Waals surface area contributed by atoms with Crippen molar-refractivity contribution in [2.75, 3.05) is 13.6 Å². The molecular weight excluding hydrogens is 182 g/mol. The lowest BCUT2D eigenvalue weighted by molar-refractivity contribution is 0.456. The topological polar surface area (TPSA) is 3.24 Å². The number of rotatable bonds is 3. The van der Waals surface area contributed by atoms with E-state index in [2.05, 4.69) is 39.0 Å². The van der Waals surface area contributed by atoms with Crippen LogP contribution < -0.4 is 0 Å². The van der Waals surface area contributed by atoms with E-state index >= 15 is 0 Å². The molecule has 0 saturated heterocycles. The van der Waals surface area contributed by atoms with Gasteiger partial charge in [0.15, 0.2) is 0 Å². The van der Waals surface area contributed by atoms with E-state index in [9.17, 15) is 0 Å². The highest BCUT2D eigenvalue weighted by molar-refractivity contribution is 5.40. The molecule has 0 fully saturated rings. The summed E-state index contributed by atoms with van der Waals surface area (Å²) >= 11 is 0. The van der Waals surface area contributed by atoms with Gasteiger partial charge in [0, 0.05) is 19.3 Å².